The first-order chi connectivity index (χ1) is 8.10. The molecule has 3 nitrogen and oxygen atoms in total. The molecule has 5 heteroatoms. The molecule has 0 aliphatic rings. The van der Waals surface area contributed by atoms with E-state index in [0.717, 1.165) is 5.56 Å². The lowest BCUT2D eigenvalue weighted by Gasteiger charge is -2.24. The number of benzene rings is 1. The van der Waals surface area contributed by atoms with Crippen LogP contribution in [-0.4, -0.2) is 35.9 Å². The Hall–Kier alpha value is -0.930. The van der Waals surface area contributed by atoms with Gasteiger partial charge in [-0.25, -0.2) is 4.79 Å². The average Bonchev–Trinajstić information content (AvgIpc) is 2.28. The van der Waals surface area contributed by atoms with E-state index in [-0.39, 0.29) is 0 Å². The van der Waals surface area contributed by atoms with Gasteiger partial charge in [0.05, 0.1) is 11.3 Å². The third-order valence-corrected chi connectivity index (χ3v) is 2.77. The van der Waals surface area contributed by atoms with E-state index in [0.29, 0.717) is 36.1 Å². The third kappa shape index (κ3) is 3.79. The number of alkyl halides is 2. The number of hydrogen-bond donors (Lipinski definition) is 1. The van der Waals surface area contributed by atoms with Gasteiger partial charge >= 0.3 is 5.97 Å². The molecule has 94 valence electrons. The third-order valence-electron chi connectivity index (χ3n) is 2.43. The monoisotopic (exact) mass is 275 g/mol. The van der Waals surface area contributed by atoms with Crippen LogP contribution in [0.2, 0.25) is 0 Å². The minimum absolute atomic E-state index is 0.292. The van der Waals surface area contributed by atoms with Gasteiger partial charge in [-0.15, -0.1) is 23.2 Å². The molecule has 0 saturated heterocycles. The summed E-state index contributed by atoms with van der Waals surface area (Å²) in [6, 6.07) is 5.35. The highest BCUT2D eigenvalue weighted by atomic mass is 35.5. The molecule has 0 unspecified atom stereocenters. The van der Waals surface area contributed by atoms with Crippen LogP contribution in [0.15, 0.2) is 18.2 Å². The topological polar surface area (TPSA) is 40.5 Å². The lowest BCUT2D eigenvalue weighted by Crippen LogP contribution is -2.29. The standard InChI is InChI=1S/C12H15Cl2NO2/c1-9-2-3-11(10(8-9)12(16)17)15(6-4-13)7-5-14/h2-3,8H,4-7H2,1H3,(H,16,17). The van der Waals surface area contributed by atoms with Crippen LogP contribution < -0.4 is 4.90 Å². The van der Waals surface area contributed by atoms with Crippen LogP contribution in [-0.2, 0) is 0 Å². The van der Waals surface area contributed by atoms with Crippen LogP contribution >= 0.6 is 23.2 Å². The van der Waals surface area contributed by atoms with E-state index < -0.39 is 5.97 Å². The zero-order valence-electron chi connectivity index (χ0n) is 9.62. The number of halogens is 2. The molecular formula is C12H15Cl2NO2. The van der Waals surface area contributed by atoms with E-state index in [9.17, 15) is 9.90 Å². The van der Waals surface area contributed by atoms with Crippen molar-refractivity contribution in [2.45, 2.75) is 6.92 Å². The first kappa shape index (κ1) is 14.1. The summed E-state index contributed by atoms with van der Waals surface area (Å²) in [7, 11) is 0. The fraction of sp³-hybridized carbons (Fsp3) is 0.417. The summed E-state index contributed by atoms with van der Waals surface area (Å²) in [5.41, 5.74) is 1.88. The Labute approximate surface area is 111 Å². The Kier molecular flexibility index (Phi) is 5.59. The van der Waals surface area contributed by atoms with Gasteiger partial charge in [0.2, 0.25) is 0 Å². The molecule has 0 aromatic heterocycles. The maximum atomic E-state index is 11.2. The van der Waals surface area contributed by atoms with E-state index in [1.165, 1.54) is 0 Å². The zero-order chi connectivity index (χ0) is 12.8. The molecule has 0 spiro atoms. The first-order valence-electron chi connectivity index (χ1n) is 5.31. The van der Waals surface area contributed by atoms with Crippen molar-refractivity contribution in [2.75, 3.05) is 29.7 Å². The van der Waals surface area contributed by atoms with Gasteiger partial charge in [0, 0.05) is 24.8 Å². The number of rotatable bonds is 6. The van der Waals surface area contributed by atoms with Crippen molar-refractivity contribution in [1.29, 1.82) is 0 Å². The minimum Gasteiger partial charge on any atom is -0.478 e. The van der Waals surface area contributed by atoms with Crippen LogP contribution in [0.25, 0.3) is 0 Å². The molecule has 0 fully saturated rings. The van der Waals surface area contributed by atoms with Crippen molar-refractivity contribution in [3.8, 4) is 0 Å². The van der Waals surface area contributed by atoms with Crippen LogP contribution in [0, 0.1) is 6.92 Å². The smallest absolute Gasteiger partial charge is 0.337 e. The van der Waals surface area contributed by atoms with Crippen molar-refractivity contribution in [3.05, 3.63) is 29.3 Å². The number of aromatic carboxylic acids is 1. The van der Waals surface area contributed by atoms with Gasteiger partial charge in [-0.05, 0) is 19.1 Å². The predicted octanol–water partition coefficient (Wildman–Crippen LogP) is 2.98. The normalized spacial score (nSPS) is 10.3. The number of carbonyl (C=O) groups is 1. The SMILES string of the molecule is Cc1ccc(N(CCCl)CCCl)c(C(=O)O)c1. The lowest BCUT2D eigenvalue weighted by molar-refractivity contribution is 0.0697. The van der Waals surface area contributed by atoms with Gasteiger partial charge in [0.1, 0.15) is 0 Å². The van der Waals surface area contributed by atoms with E-state index in [4.69, 9.17) is 23.2 Å². The van der Waals surface area contributed by atoms with Crippen molar-refractivity contribution in [1.82, 2.24) is 0 Å². The van der Waals surface area contributed by atoms with Gasteiger partial charge in [-0.1, -0.05) is 11.6 Å². The quantitative estimate of drug-likeness (QED) is 0.812. The fourth-order valence-electron chi connectivity index (χ4n) is 1.65. The first-order valence-corrected chi connectivity index (χ1v) is 6.38. The highest BCUT2D eigenvalue weighted by Gasteiger charge is 2.15. The van der Waals surface area contributed by atoms with Gasteiger partial charge in [-0.3, -0.25) is 0 Å². The van der Waals surface area contributed by atoms with Crippen molar-refractivity contribution in [2.24, 2.45) is 0 Å². The molecule has 0 saturated carbocycles. The largest absolute Gasteiger partial charge is 0.478 e. The number of carboxylic acids is 1. The summed E-state index contributed by atoms with van der Waals surface area (Å²) >= 11 is 11.4. The molecule has 1 rings (SSSR count). The second kappa shape index (κ2) is 6.72. The van der Waals surface area contributed by atoms with Crippen molar-refractivity contribution < 1.29 is 9.90 Å². The fourth-order valence-corrected chi connectivity index (χ4v) is 2.06. The maximum absolute atomic E-state index is 11.2. The molecule has 17 heavy (non-hydrogen) atoms. The molecule has 0 atom stereocenters. The highest BCUT2D eigenvalue weighted by molar-refractivity contribution is 6.18. The number of aryl methyl sites for hydroxylation is 1. The number of hydrogen-bond acceptors (Lipinski definition) is 2. The summed E-state index contributed by atoms with van der Waals surface area (Å²) in [6.07, 6.45) is 0. The molecule has 0 amide bonds. The highest BCUT2D eigenvalue weighted by Crippen LogP contribution is 2.22. The molecule has 1 aromatic rings. The molecule has 0 aliphatic carbocycles. The summed E-state index contributed by atoms with van der Waals surface area (Å²) in [5.74, 6) is -0.0639. The van der Waals surface area contributed by atoms with Crippen molar-refractivity contribution in [3.63, 3.8) is 0 Å². The maximum Gasteiger partial charge on any atom is 0.337 e. The minimum atomic E-state index is -0.933. The van der Waals surface area contributed by atoms with E-state index in [1.54, 1.807) is 12.1 Å². The lowest BCUT2D eigenvalue weighted by atomic mass is 10.1. The van der Waals surface area contributed by atoms with Gasteiger partial charge in [-0.2, -0.15) is 0 Å². The Morgan fingerprint density at radius 2 is 1.88 bits per heavy atom. The predicted molar refractivity (Wildman–Crippen MR) is 71.8 cm³/mol. The van der Waals surface area contributed by atoms with E-state index >= 15 is 0 Å². The van der Waals surface area contributed by atoms with Gasteiger partial charge < -0.3 is 10.0 Å². The van der Waals surface area contributed by atoms with E-state index in [2.05, 4.69) is 0 Å². The summed E-state index contributed by atoms with van der Waals surface area (Å²) in [4.78, 5) is 13.1. The van der Waals surface area contributed by atoms with E-state index in [1.807, 2.05) is 17.9 Å². The number of anilines is 1. The Bertz CT molecular complexity index is 390. The Morgan fingerprint density at radius 1 is 1.29 bits per heavy atom. The number of carboxylic acid groups (broad SMARTS) is 1. The second-order valence-electron chi connectivity index (χ2n) is 3.69. The van der Waals surface area contributed by atoms with Crippen LogP contribution in [0.3, 0.4) is 0 Å². The number of nitrogens with zero attached hydrogens (tertiary/aromatic N) is 1. The molecule has 0 bridgehead atoms. The Balaban J connectivity index is 3.12. The molecule has 1 N–H and O–H groups in total. The second-order valence-corrected chi connectivity index (χ2v) is 4.45. The van der Waals surface area contributed by atoms with Crippen LogP contribution in [0.5, 0.6) is 0 Å². The molecule has 0 radical (unpaired) electrons. The van der Waals surface area contributed by atoms with Gasteiger partial charge in [0.25, 0.3) is 0 Å². The van der Waals surface area contributed by atoms with Crippen LogP contribution in [0.4, 0.5) is 5.69 Å². The molecule has 1 aromatic carbocycles. The van der Waals surface area contributed by atoms with Gasteiger partial charge in [0.15, 0.2) is 0 Å². The summed E-state index contributed by atoms with van der Waals surface area (Å²) in [5, 5.41) is 9.18. The zero-order valence-corrected chi connectivity index (χ0v) is 11.1. The molecule has 0 heterocycles. The average molecular weight is 276 g/mol. The van der Waals surface area contributed by atoms with Crippen molar-refractivity contribution >= 4 is 34.9 Å². The molecule has 0 aliphatic heterocycles. The molecular weight excluding hydrogens is 261 g/mol. The Morgan fingerprint density at radius 3 is 2.35 bits per heavy atom. The van der Waals surface area contributed by atoms with Crippen LogP contribution in [0.1, 0.15) is 15.9 Å². The summed E-state index contributed by atoms with van der Waals surface area (Å²) < 4.78 is 0. The summed E-state index contributed by atoms with van der Waals surface area (Å²) in [6.45, 7) is 3.03.